The van der Waals surface area contributed by atoms with Crippen LogP contribution in [0.1, 0.15) is 102 Å². The maximum atomic E-state index is 12.8. The van der Waals surface area contributed by atoms with E-state index < -0.39 is 5.97 Å². The lowest BCUT2D eigenvalue weighted by atomic mass is 10.0. The van der Waals surface area contributed by atoms with Crippen molar-refractivity contribution in [2.75, 3.05) is 29.7 Å². The molecule has 0 saturated carbocycles. The summed E-state index contributed by atoms with van der Waals surface area (Å²) in [6, 6.07) is 10.6. The molecule has 0 fully saturated rings. The molecule has 16 nitrogen and oxygen atoms in total. The largest absolute Gasteiger partial charge is 0.477 e. The number of carboxylic acids is 1. The number of hydrogen-bond donors (Lipinski definition) is 4. The summed E-state index contributed by atoms with van der Waals surface area (Å²) in [5, 5.41) is 14.6. The number of rotatable bonds is 16. The van der Waals surface area contributed by atoms with Crippen molar-refractivity contribution in [2.24, 2.45) is 33.9 Å². The quantitative estimate of drug-likeness (QED) is 0.0526. The summed E-state index contributed by atoms with van der Waals surface area (Å²) < 4.78 is 7.04. The Morgan fingerprint density at radius 3 is 1.41 bits per heavy atom. The predicted octanol–water partition coefficient (Wildman–Crippen LogP) is 9.58. The van der Waals surface area contributed by atoms with Gasteiger partial charge in [-0.05, 0) is 96.9 Å². The summed E-state index contributed by atoms with van der Waals surface area (Å²) in [5.41, 5.74) is 11.2. The zero-order valence-corrected chi connectivity index (χ0v) is 42.2. The standard InChI is InChI=1S/C23H29N5O2S2.C17H17N5O3.C5H13NS2.CH4/c1-15-13-28(5)21(25-15)22(30)26-20-8-7-16(12-24-20)17-11-18(27(4)14-17)19(29)9-10-23(2,3)32-31-6;1-10-8-22(3)15(19-10)16(23)20-14-5-4-11(7-18-14)12-6-13(17(24)25)21(2)9-12;1-5(2,4-6)8-7-3;/h7-8,11-14H,9-10H2,1-6H3,(H,24,26,30);4-9H,1-3H3,(H,24,25)(H,18,20,23);4,6H2,1-3H3;1H4. The third-order valence-corrected chi connectivity index (χ3v) is 15.0. The monoisotopic (exact) mass is 977 g/mol. The van der Waals surface area contributed by atoms with E-state index in [4.69, 9.17) is 10.8 Å². The van der Waals surface area contributed by atoms with Crippen LogP contribution in [0.5, 0.6) is 0 Å². The summed E-state index contributed by atoms with van der Waals surface area (Å²) in [7, 11) is 14.2. The maximum absolute atomic E-state index is 12.8. The van der Waals surface area contributed by atoms with Gasteiger partial charge in [0.15, 0.2) is 17.4 Å². The Morgan fingerprint density at radius 1 is 0.652 bits per heavy atom. The van der Waals surface area contributed by atoms with E-state index in [1.807, 2.05) is 54.6 Å². The van der Waals surface area contributed by atoms with E-state index in [0.717, 1.165) is 46.6 Å². The minimum absolute atomic E-state index is 0. The summed E-state index contributed by atoms with van der Waals surface area (Å²) in [6.45, 7) is 13.0. The molecule has 0 bridgehead atoms. The van der Waals surface area contributed by atoms with Crippen molar-refractivity contribution >= 4 is 78.4 Å². The topological polar surface area (TPSA) is 210 Å². The molecule has 6 heterocycles. The number of hydrogen-bond acceptors (Lipinski definition) is 13. The third-order valence-electron chi connectivity index (χ3n) is 9.65. The number of carboxylic acid groups (broad SMARTS) is 1. The lowest BCUT2D eigenvalue weighted by Gasteiger charge is -2.21. The Balaban J connectivity index is 0.000000302. The van der Waals surface area contributed by atoms with E-state index in [1.165, 1.54) is 4.57 Å². The van der Waals surface area contributed by atoms with Gasteiger partial charge in [0.05, 0.1) is 17.1 Å². The minimum atomic E-state index is -0.990. The van der Waals surface area contributed by atoms with Gasteiger partial charge in [-0.15, -0.1) is 0 Å². The number of nitrogens with zero attached hydrogens (tertiary/aromatic N) is 8. The molecule has 6 aromatic heterocycles. The van der Waals surface area contributed by atoms with Gasteiger partial charge in [-0.2, -0.15) is 0 Å². The van der Waals surface area contributed by atoms with Gasteiger partial charge in [0.1, 0.15) is 17.3 Å². The summed E-state index contributed by atoms with van der Waals surface area (Å²) in [6.07, 6.45) is 15.9. The average molecular weight is 978 g/mol. The number of nitrogens with two attached hydrogens (primary N) is 1. The molecule has 0 unspecified atom stereocenters. The molecule has 6 rings (SSSR count). The van der Waals surface area contributed by atoms with E-state index in [0.29, 0.717) is 35.4 Å². The third kappa shape index (κ3) is 15.7. The van der Waals surface area contributed by atoms with Crippen LogP contribution in [0.2, 0.25) is 0 Å². The number of amides is 2. The number of anilines is 2. The normalized spacial score (nSPS) is 11.1. The maximum Gasteiger partial charge on any atom is 0.352 e. The fourth-order valence-corrected chi connectivity index (χ4v) is 10.6. The SMILES string of the molecule is C.CSSC(C)(C)CCC(=O)c1cc(-c2ccc(NC(=O)c3nc(C)cn3C)nc2)cn1C.CSSC(C)(C)CN.Cc1cn(C)c(C(=O)Nc2ccc(-c3cc(C(=O)O)n(C)c3)cn2)n1. The van der Waals surface area contributed by atoms with Crippen LogP contribution in [-0.2, 0) is 28.2 Å². The number of carbonyl (C=O) groups is 4. The van der Waals surface area contributed by atoms with E-state index >= 15 is 0 Å². The van der Waals surface area contributed by atoms with Crippen LogP contribution in [0.4, 0.5) is 11.6 Å². The van der Waals surface area contributed by atoms with E-state index in [2.05, 4.69) is 70.8 Å². The molecule has 0 aliphatic heterocycles. The van der Waals surface area contributed by atoms with Crippen LogP contribution in [0, 0.1) is 13.8 Å². The van der Waals surface area contributed by atoms with E-state index in [1.54, 1.807) is 118 Å². The molecule has 0 atom stereocenters. The first-order valence-corrected chi connectivity index (χ1v) is 25.5. The number of aromatic nitrogens is 8. The fourth-order valence-electron chi connectivity index (χ4n) is 6.28. The molecular formula is C46H63N11O5S4. The lowest BCUT2D eigenvalue weighted by molar-refractivity contribution is 0.0685. The number of Topliss-reactive ketones (excluding diaryl/α,β-unsaturated/α-hetero) is 1. The van der Waals surface area contributed by atoms with Gasteiger partial charge in [-0.3, -0.25) is 14.4 Å². The molecule has 2 amide bonds. The van der Waals surface area contributed by atoms with E-state index in [9.17, 15) is 19.2 Å². The van der Waals surface area contributed by atoms with Gasteiger partial charge in [0, 0.05) is 110 Å². The molecule has 0 aliphatic rings. The Morgan fingerprint density at radius 2 is 1.08 bits per heavy atom. The Bertz CT molecular complexity index is 2580. The summed E-state index contributed by atoms with van der Waals surface area (Å²) in [5.74, 6) is -0.0356. The van der Waals surface area contributed by atoms with Gasteiger partial charge < -0.3 is 39.7 Å². The summed E-state index contributed by atoms with van der Waals surface area (Å²) >= 11 is 0. The van der Waals surface area contributed by atoms with Crippen molar-refractivity contribution in [3.63, 3.8) is 0 Å². The number of nitrogens with one attached hydrogen (secondary N) is 2. The highest BCUT2D eigenvalue weighted by Gasteiger charge is 2.22. The smallest absolute Gasteiger partial charge is 0.352 e. The van der Waals surface area contributed by atoms with Crippen molar-refractivity contribution in [1.82, 2.24) is 38.2 Å². The Kier molecular flexibility index (Phi) is 20.4. The van der Waals surface area contributed by atoms with E-state index in [-0.39, 0.29) is 40.2 Å². The second-order valence-electron chi connectivity index (χ2n) is 16.3. The lowest BCUT2D eigenvalue weighted by Crippen LogP contribution is -2.25. The van der Waals surface area contributed by atoms with Crippen molar-refractivity contribution in [2.45, 2.75) is 71.3 Å². The van der Waals surface area contributed by atoms with Gasteiger partial charge in [0.25, 0.3) is 11.8 Å². The molecule has 0 radical (unpaired) electrons. The second-order valence-corrected chi connectivity index (χ2v) is 22.5. The van der Waals surface area contributed by atoms with Gasteiger partial charge in [-0.1, -0.05) is 50.6 Å². The summed E-state index contributed by atoms with van der Waals surface area (Å²) in [4.78, 5) is 65.5. The van der Waals surface area contributed by atoms with Crippen LogP contribution in [0.25, 0.3) is 22.3 Å². The van der Waals surface area contributed by atoms with Crippen molar-refractivity contribution in [3.8, 4) is 22.3 Å². The molecule has 6 aromatic rings. The highest BCUT2D eigenvalue weighted by Crippen LogP contribution is 2.37. The van der Waals surface area contributed by atoms with Crippen LogP contribution in [-0.4, -0.2) is 95.4 Å². The molecule has 5 N–H and O–H groups in total. The molecule has 0 aromatic carbocycles. The molecule has 0 saturated heterocycles. The minimum Gasteiger partial charge on any atom is -0.477 e. The first kappa shape index (κ1) is 55.1. The predicted molar refractivity (Wildman–Crippen MR) is 276 cm³/mol. The van der Waals surface area contributed by atoms with Crippen LogP contribution in [0.3, 0.4) is 0 Å². The number of ketones is 1. The highest BCUT2D eigenvalue weighted by atomic mass is 33.1. The fraction of sp³-hybridized carbons (Fsp3) is 0.391. The van der Waals surface area contributed by atoms with Crippen molar-refractivity contribution in [3.05, 3.63) is 108 Å². The molecule has 0 spiro atoms. The number of carbonyl (C=O) groups excluding carboxylic acids is 3. The van der Waals surface area contributed by atoms with Crippen molar-refractivity contribution < 1.29 is 24.3 Å². The molecule has 356 valence electrons. The zero-order chi connectivity index (χ0) is 48.2. The number of imidazole rings is 2. The first-order chi connectivity index (χ1) is 30.6. The number of pyridine rings is 2. The first-order valence-electron chi connectivity index (χ1n) is 20.3. The van der Waals surface area contributed by atoms with Gasteiger partial charge in [0.2, 0.25) is 0 Å². The number of aromatic carboxylic acids is 1. The van der Waals surface area contributed by atoms with Gasteiger partial charge in [-0.25, -0.2) is 24.7 Å². The van der Waals surface area contributed by atoms with Gasteiger partial charge >= 0.3 is 5.97 Å². The second kappa shape index (κ2) is 24.5. The molecule has 0 aliphatic carbocycles. The average Bonchev–Trinajstić information content (AvgIpc) is 4.02. The molecular weight excluding hydrogens is 915 g/mol. The highest BCUT2D eigenvalue weighted by molar-refractivity contribution is 8.77. The molecule has 66 heavy (non-hydrogen) atoms. The zero-order valence-electron chi connectivity index (χ0n) is 38.9. The Labute approximate surface area is 403 Å². The number of aryl methyl sites for hydroxylation is 6. The van der Waals surface area contributed by atoms with Crippen molar-refractivity contribution in [1.29, 1.82) is 0 Å². The Hall–Kier alpha value is -5.28. The molecule has 20 heteroatoms. The van der Waals surface area contributed by atoms with Crippen LogP contribution < -0.4 is 16.4 Å². The van der Waals surface area contributed by atoms with Crippen LogP contribution in [0.15, 0.2) is 73.6 Å². The van der Waals surface area contributed by atoms with Crippen LogP contribution >= 0.6 is 43.2 Å².